The van der Waals surface area contributed by atoms with Gasteiger partial charge in [-0.1, -0.05) is 23.7 Å². The minimum Gasteiger partial charge on any atom is -0.173 e. The van der Waals surface area contributed by atoms with Gasteiger partial charge in [-0.05, 0) is 17.7 Å². The molecule has 0 aliphatic carbocycles. The maximum atomic E-state index is 12.2. The Balaban J connectivity index is 3.25. The zero-order chi connectivity index (χ0) is 11.6. The molecule has 0 saturated heterocycles. The molecule has 0 atom stereocenters. The number of alkyl halides is 3. The third-order valence-electron chi connectivity index (χ3n) is 1.61. The summed E-state index contributed by atoms with van der Waals surface area (Å²) in [6.07, 6.45) is -7.84. The monoisotopic (exact) mass is 242 g/mol. The quantitative estimate of drug-likeness (QED) is 0.636. The van der Waals surface area contributed by atoms with Gasteiger partial charge < -0.3 is 0 Å². The molecule has 6 heteroatoms. The van der Waals surface area contributed by atoms with E-state index in [0.717, 1.165) is 24.3 Å². The van der Waals surface area contributed by atoms with E-state index in [0.29, 0.717) is 0 Å². The maximum absolute atomic E-state index is 12.2. The Morgan fingerprint density at radius 3 is 1.80 bits per heavy atom. The van der Waals surface area contributed by atoms with Gasteiger partial charge in [0.05, 0.1) is 0 Å². The summed E-state index contributed by atoms with van der Waals surface area (Å²) in [5.74, 6) is 0. The SMILES string of the molecule is FC(F)=C(c1ccc(Cl)cc1)C(F)(F)F. The third-order valence-corrected chi connectivity index (χ3v) is 1.86. The van der Waals surface area contributed by atoms with Gasteiger partial charge in [-0.3, -0.25) is 0 Å². The van der Waals surface area contributed by atoms with E-state index in [1.54, 1.807) is 0 Å². The van der Waals surface area contributed by atoms with E-state index in [2.05, 4.69) is 0 Å². The number of hydrogen-bond donors (Lipinski definition) is 0. The zero-order valence-electron chi connectivity index (χ0n) is 7.08. The molecule has 1 aromatic carbocycles. The zero-order valence-corrected chi connectivity index (χ0v) is 7.83. The van der Waals surface area contributed by atoms with Gasteiger partial charge in [-0.25, -0.2) is 0 Å². The first-order valence-corrected chi connectivity index (χ1v) is 4.08. The van der Waals surface area contributed by atoms with Gasteiger partial charge in [0, 0.05) is 5.02 Å². The second kappa shape index (κ2) is 4.18. The van der Waals surface area contributed by atoms with Gasteiger partial charge >= 0.3 is 6.18 Å². The van der Waals surface area contributed by atoms with Crippen LogP contribution in [-0.4, -0.2) is 6.18 Å². The first-order chi connectivity index (χ1) is 6.82. The van der Waals surface area contributed by atoms with Crippen molar-refractivity contribution in [2.24, 2.45) is 0 Å². The summed E-state index contributed by atoms with van der Waals surface area (Å²) < 4.78 is 60.8. The lowest BCUT2D eigenvalue weighted by atomic mass is 10.1. The van der Waals surface area contributed by atoms with E-state index in [-0.39, 0.29) is 5.02 Å². The second-order valence-corrected chi connectivity index (χ2v) is 3.08. The fourth-order valence-electron chi connectivity index (χ4n) is 0.996. The van der Waals surface area contributed by atoms with Crippen LogP contribution in [0.3, 0.4) is 0 Å². The van der Waals surface area contributed by atoms with Crippen molar-refractivity contribution in [2.75, 3.05) is 0 Å². The Kier molecular flexibility index (Phi) is 3.34. The third kappa shape index (κ3) is 2.92. The van der Waals surface area contributed by atoms with Crippen molar-refractivity contribution in [3.63, 3.8) is 0 Å². The Bertz CT molecular complexity index is 372. The molecule has 0 nitrogen and oxygen atoms in total. The lowest BCUT2D eigenvalue weighted by molar-refractivity contribution is -0.0711. The van der Waals surface area contributed by atoms with E-state index in [1.165, 1.54) is 0 Å². The van der Waals surface area contributed by atoms with Crippen LogP contribution in [0.15, 0.2) is 30.3 Å². The molecule has 0 unspecified atom stereocenters. The van der Waals surface area contributed by atoms with Crippen molar-refractivity contribution in [1.29, 1.82) is 0 Å². The van der Waals surface area contributed by atoms with Crippen LogP contribution in [0.2, 0.25) is 5.02 Å². The molecule has 0 aliphatic rings. The lowest BCUT2D eigenvalue weighted by Gasteiger charge is -2.10. The highest BCUT2D eigenvalue weighted by Crippen LogP contribution is 2.37. The molecular weight excluding hydrogens is 239 g/mol. The van der Waals surface area contributed by atoms with Crippen molar-refractivity contribution >= 4 is 17.2 Å². The van der Waals surface area contributed by atoms with E-state index < -0.39 is 23.4 Å². The van der Waals surface area contributed by atoms with Gasteiger partial charge in [-0.2, -0.15) is 22.0 Å². The van der Waals surface area contributed by atoms with Crippen molar-refractivity contribution in [2.45, 2.75) is 6.18 Å². The largest absolute Gasteiger partial charge is 0.422 e. The highest BCUT2D eigenvalue weighted by molar-refractivity contribution is 6.30. The fraction of sp³-hybridized carbons (Fsp3) is 0.111. The molecule has 1 aromatic rings. The molecule has 0 fully saturated rings. The number of benzene rings is 1. The number of allylic oxidation sites excluding steroid dienone is 1. The highest BCUT2D eigenvalue weighted by atomic mass is 35.5. The van der Waals surface area contributed by atoms with Gasteiger partial charge in [0.1, 0.15) is 5.57 Å². The Morgan fingerprint density at radius 1 is 1.00 bits per heavy atom. The molecule has 0 spiro atoms. The highest BCUT2D eigenvalue weighted by Gasteiger charge is 2.38. The molecular formula is C9H4ClF5. The first kappa shape index (κ1) is 12.0. The molecule has 0 N–H and O–H groups in total. The Hall–Kier alpha value is -1.10. The van der Waals surface area contributed by atoms with Crippen LogP contribution < -0.4 is 0 Å². The fourth-order valence-corrected chi connectivity index (χ4v) is 1.12. The van der Waals surface area contributed by atoms with Crippen LogP contribution in [0.5, 0.6) is 0 Å². The van der Waals surface area contributed by atoms with Crippen LogP contribution in [-0.2, 0) is 0 Å². The summed E-state index contributed by atoms with van der Waals surface area (Å²) in [6.45, 7) is 0. The molecule has 0 heterocycles. The average Bonchev–Trinajstić information content (AvgIpc) is 2.05. The summed E-state index contributed by atoms with van der Waals surface area (Å²) in [5.41, 5.74) is -2.54. The van der Waals surface area contributed by atoms with Crippen LogP contribution in [0.25, 0.3) is 5.57 Å². The van der Waals surface area contributed by atoms with Gasteiger partial charge in [0.2, 0.25) is 0 Å². The van der Waals surface area contributed by atoms with Crippen LogP contribution in [0.1, 0.15) is 5.56 Å². The molecule has 82 valence electrons. The molecule has 0 aliphatic heterocycles. The summed E-state index contributed by atoms with van der Waals surface area (Å²) in [6, 6.07) is 4.02. The van der Waals surface area contributed by atoms with Crippen LogP contribution in [0, 0.1) is 0 Å². The molecule has 1 rings (SSSR count). The minimum absolute atomic E-state index is 0.180. The summed E-state index contributed by atoms with van der Waals surface area (Å²) >= 11 is 5.43. The summed E-state index contributed by atoms with van der Waals surface area (Å²) in [5, 5.41) is 0.180. The Labute approximate surface area is 87.0 Å². The van der Waals surface area contributed by atoms with Gasteiger partial charge in [-0.15, -0.1) is 0 Å². The van der Waals surface area contributed by atoms with Crippen LogP contribution >= 0.6 is 11.6 Å². The van der Waals surface area contributed by atoms with Crippen molar-refractivity contribution in [3.8, 4) is 0 Å². The number of rotatable bonds is 1. The molecule has 0 bridgehead atoms. The minimum atomic E-state index is -5.08. The molecule has 0 amide bonds. The summed E-state index contributed by atoms with van der Waals surface area (Å²) in [4.78, 5) is 0. The number of halogens is 6. The summed E-state index contributed by atoms with van der Waals surface area (Å²) in [7, 11) is 0. The Morgan fingerprint density at radius 2 is 1.47 bits per heavy atom. The first-order valence-electron chi connectivity index (χ1n) is 3.71. The molecule has 0 aromatic heterocycles. The smallest absolute Gasteiger partial charge is 0.173 e. The second-order valence-electron chi connectivity index (χ2n) is 2.64. The van der Waals surface area contributed by atoms with Crippen molar-refractivity contribution in [1.82, 2.24) is 0 Å². The average molecular weight is 243 g/mol. The number of hydrogen-bond acceptors (Lipinski definition) is 0. The predicted octanol–water partition coefficient (Wildman–Crippen LogP) is 4.51. The lowest BCUT2D eigenvalue weighted by Crippen LogP contribution is -2.11. The van der Waals surface area contributed by atoms with E-state index in [4.69, 9.17) is 11.6 Å². The molecule has 15 heavy (non-hydrogen) atoms. The predicted molar refractivity (Wildman–Crippen MR) is 46.6 cm³/mol. The molecule has 0 radical (unpaired) electrons. The normalized spacial score (nSPS) is 11.3. The van der Waals surface area contributed by atoms with Gasteiger partial charge in [0.25, 0.3) is 6.08 Å². The van der Waals surface area contributed by atoms with E-state index in [9.17, 15) is 22.0 Å². The van der Waals surface area contributed by atoms with Crippen LogP contribution in [0.4, 0.5) is 22.0 Å². The van der Waals surface area contributed by atoms with Crippen molar-refractivity contribution < 1.29 is 22.0 Å². The molecule has 0 saturated carbocycles. The van der Waals surface area contributed by atoms with Crippen molar-refractivity contribution in [3.05, 3.63) is 40.9 Å². The van der Waals surface area contributed by atoms with E-state index >= 15 is 0 Å². The maximum Gasteiger partial charge on any atom is 0.422 e. The standard InChI is InChI=1S/C9H4ClF5/c10-6-3-1-5(2-4-6)7(8(11)12)9(13,14)15/h1-4H. The topological polar surface area (TPSA) is 0 Å². The van der Waals surface area contributed by atoms with E-state index in [1.807, 2.05) is 0 Å². The van der Waals surface area contributed by atoms with Gasteiger partial charge in [0.15, 0.2) is 0 Å².